The number of hydrogen-bond acceptors (Lipinski definition) is 5. The first-order valence-electron chi connectivity index (χ1n) is 7.22. The first-order valence-corrected chi connectivity index (χ1v) is 7.22. The maximum Gasteiger partial charge on any atom is 0.269 e. The van der Waals surface area contributed by atoms with E-state index in [2.05, 4.69) is 10.1 Å². The van der Waals surface area contributed by atoms with Gasteiger partial charge in [-0.2, -0.15) is 5.10 Å². The van der Waals surface area contributed by atoms with E-state index in [0.29, 0.717) is 5.56 Å². The van der Waals surface area contributed by atoms with Crippen molar-refractivity contribution in [2.24, 2.45) is 0 Å². The summed E-state index contributed by atoms with van der Waals surface area (Å²) in [6.07, 6.45) is -0.133. The standard InChI is InChI=1S/C16H12F2N4O3/c17-12-2-1-3-13(18)15(12)14(23)8-21-9-19-16(20-21)10-4-6-11(7-5-10)22(24)25/h1-7,9,14,23H,8H2. The van der Waals surface area contributed by atoms with Gasteiger partial charge >= 0.3 is 0 Å². The van der Waals surface area contributed by atoms with E-state index in [1.165, 1.54) is 41.3 Å². The van der Waals surface area contributed by atoms with Crippen LogP contribution in [0.1, 0.15) is 11.7 Å². The highest BCUT2D eigenvalue weighted by molar-refractivity contribution is 5.56. The average Bonchev–Trinajstić information content (AvgIpc) is 3.03. The van der Waals surface area contributed by atoms with Crippen LogP contribution in [0.2, 0.25) is 0 Å². The Morgan fingerprint density at radius 3 is 2.40 bits per heavy atom. The summed E-state index contributed by atoms with van der Waals surface area (Å²) >= 11 is 0. The van der Waals surface area contributed by atoms with Crippen molar-refractivity contribution in [3.05, 3.63) is 76.1 Å². The Balaban J connectivity index is 1.78. The van der Waals surface area contributed by atoms with Crippen molar-refractivity contribution in [2.75, 3.05) is 0 Å². The molecule has 25 heavy (non-hydrogen) atoms. The third-order valence-corrected chi connectivity index (χ3v) is 3.57. The highest BCUT2D eigenvalue weighted by Gasteiger charge is 2.19. The van der Waals surface area contributed by atoms with Crippen molar-refractivity contribution in [3.8, 4) is 11.4 Å². The second-order valence-electron chi connectivity index (χ2n) is 5.25. The molecular weight excluding hydrogens is 334 g/mol. The molecule has 0 fully saturated rings. The lowest BCUT2D eigenvalue weighted by molar-refractivity contribution is -0.384. The Bertz CT molecular complexity index is 892. The van der Waals surface area contributed by atoms with Crippen molar-refractivity contribution in [2.45, 2.75) is 12.6 Å². The first-order chi connectivity index (χ1) is 12.0. The van der Waals surface area contributed by atoms with E-state index in [9.17, 15) is 24.0 Å². The lowest BCUT2D eigenvalue weighted by atomic mass is 10.1. The molecule has 0 radical (unpaired) electrons. The molecule has 0 spiro atoms. The lowest BCUT2D eigenvalue weighted by Gasteiger charge is -2.12. The molecule has 1 N–H and O–H groups in total. The number of nitro benzene ring substituents is 1. The molecule has 2 aromatic carbocycles. The fraction of sp³-hybridized carbons (Fsp3) is 0.125. The molecule has 128 valence electrons. The van der Waals surface area contributed by atoms with Gasteiger partial charge < -0.3 is 5.11 Å². The summed E-state index contributed by atoms with van der Waals surface area (Å²) in [6, 6.07) is 8.95. The van der Waals surface area contributed by atoms with Gasteiger partial charge in [-0.25, -0.2) is 18.4 Å². The number of aliphatic hydroxyl groups excluding tert-OH is 1. The van der Waals surface area contributed by atoms with Gasteiger partial charge in [0.05, 0.1) is 17.0 Å². The monoisotopic (exact) mass is 346 g/mol. The molecule has 3 aromatic rings. The van der Waals surface area contributed by atoms with Crippen molar-refractivity contribution in [1.82, 2.24) is 14.8 Å². The number of benzene rings is 2. The summed E-state index contributed by atoms with van der Waals surface area (Å²) in [6.45, 7) is -0.197. The van der Waals surface area contributed by atoms with Crippen LogP contribution in [-0.4, -0.2) is 24.8 Å². The maximum atomic E-state index is 13.7. The molecule has 9 heteroatoms. The van der Waals surface area contributed by atoms with Crippen LogP contribution in [-0.2, 0) is 6.54 Å². The Hall–Kier alpha value is -3.20. The predicted octanol–water partition coefficient (Wildman–Crippen LogP) is 2.87. The zero-order valence-corrected chi connectivity index (χ0v) is 12.7. The molecule has 1 heterocycles. The molecule has 1 aromatic heterocycles. The van der Waals surface area contributed by atoms with Crippen LogP contribution in [0.4, 0.5) is 14.5 Å². The third kappa shape index (κ3) is 3.50. The van der Waals surface area contributed by atoms with Gasteiger partial charge in [0.1, 0.15) is 24.1 Å². The van der Waals surface area contributed by atoms with Crippen molar-refractivity contribution < 1.29 is 18.8 Å². The second kappa shape index (κ2) is 6.73. The van der Waals surface area contributed by atoms with Gasteiger partial charge in [0, 0.05) is 17.7 Å². The van der Waals surface area contributed by atoms with Gasteiger partial charge in [-0.05, 0) is 24.3 Å². The summed E-state index contributed by atoms with van der Waals surface area (Å²) in [5.41, 5.74) is 0.0411. The van der Waals surface area contributed by atoms with E-state index in [1.54, 1.807) is 0 Å². The van der Waals surface area contributed by atoms with Gasteiger partial charge in [0.25, 0.3) is 5.69 Å². The molecule has 0 bridgehead atoms. The molecule has 7 nitrogen and oxygen atoms in total. The van der Waals surface area contributed by atoms with Crippen LogP contribution in [0.5, 0.6) is 0 Å². The Kier molecular flexibility index (Phi) is 4.48. The normalized spacial score (nSPS) is 12.1. The van der Waals surface area contributed by atoms with E-state index in [4.69, 9.17) is 0 Å². The number of rotatable bonds is 5. The van der Waals surface area contributed by atoms with E-state index in [-0.39, 0.29) is 18.1 Å². The maximum absolute atomic E-state index is 13.7. The van der Waals surface area contributed by atoms with Crippen LogP contribution < -0.4 is 0 Å². The van der Waals surface area contributed by atoms with Crippen molar-refractivity contribution in [1.29, 1.82) is 0 Å². The minimum atomic E-state index is -1.44. The fourth-order valence-electron chi connectivity index (χ4n) is 2.34. The number of aliphatic hydroxyl groups is 1. The van der Waals surface area contributed by atoms with Gasteiger partial charge in [0.2, 0.25) is 0 Å². The first kappa shape index (κ1) is 16.7. The molecule has 0 aliphatic carbocycles. The van der Waals surface area contributed by atoms with E-state index < -0.39 is 28.2 Å². The second-order valence-corrected chi connectivity index (χ2v) is 5.25. The van der Waals surface area contributed by atoms with Crippen molar-refractivity contribution >= 4 is 5.69 Å². The highest BCUT2D eigenvalue weighted by atomic mass is 19.1. The molecule has 1 unspecified atom stereocenters. The molecular formula is C16H12F2N4O3. The number of hydrogen-bond donors (Lipinski definition) is 1. The number of aromatic nitrogens is 3. The number of nitro groups is 1. The third-order valence-electron chi connectivity index (χ3n) is 3.57. The summed E-state index contributed by atoms with van der Waals surface area (Å²) in [5.74, 6) is -1.41. The van der Waals surface area contributed by atoms with Crippen molar-refractivity contribution in [3.63, 3.8) is 0 Å². The van der Waals surface area contributed by atoms with Crippen LogP contribution in [0, 0.1) is 21.7 Å². The van der Waals surface area contributed by atoms with E-state index in [1.807, 2.05) is 0 Å². The minimum Gasteiger partial charge on any atom is -0.386 e. The SMILES string of the molecule is O=[N+]([O-])c1ccc(-c2ncn(CC(O)c3c(F)cccc3F)n2)cc1. The van der Waals surface area contributed by atoms with E-state index in [0.717, 1.165) is 12.1 Å². The summed E-state index contributed by atoms with van der Waals surface area (Å²) in [5, 5.41) is 24.8. The van der Waals surface area contributed by atoms with Crippen LogP contribution >= 0.6 is 0 Å². The number of halogens is 2. The Morgan fingerprint density at radius 2 is 1.80 bits per heavy atom. The predicted molar refractivity (Wildman–Crippen MR) is 83.4 cm³/mol. The summed E-state index contributed by atoms with van der Waals surface area (Å²) < 4.78 is 28.6. The molecule has 0 amide bonds. The van der Waals surface area contributed by atoms with E-state index >= 15 is 0 Å². The molecule has 3 rings (SSSR count). The molecule has 0 saturated heterocycles. The molecule has 1 atom stereocenters. The number of nitrogens with zero attached hydrogens (tertiary/aromatic N) is 4. The molecule has 0 saturated carbocycles. The average molecular weight is 346 g/mol. The quantitative estimate of drug-likeness (QED) is 0.566. The minimum absolute atomic E-state index is 0.0615. The van der Waals surface area contributed by atoms with Gasteiger partial charge in [0.15, 0.2) is 5.82 Å². The molecule has 0 aliphatic rings. The van der Waals surface area contributed by atoms with Crippen LogP contribution in [0.3, 0.4) is 0 Å². The number of non-ortho nitro benzene ring substituents is 1. The zero-order chi connectivity index (χ0) is 18.0. The van der Waals surface area contributed by atoms with Gasteiger partial charge in [-0.1, -0.05) is 6.07 Å². The van der Waals surface area contributed by atoms with Crippen LogP contribution in [0.25, 0.3) is 11.4 Å². The summed E-state index contributed by atoms with van der Waals surface area (Å²) in [4.78, 5) is 14.2. The Morgan fingerprint density at radius 1 is 1.16 bits per heavy atom. The van der Waals surface area contributed by atoms with Gasteiger partial charge in [-0.3, -0.25) is 10.1 Å². The van der Waals surface area contributed by atoms with Crippen LogP contribution in [0.15, 0.2) is 48.8 Å². The van der Waals surface area contributed by atoms with Gasteiger partial charge in [-0.15, -0.1) is 0 Å². The highest BCUT2D eigenvalue weighted by Crippen LogP contribution is 2.23. The fourth-order valence-corrected chi connectivity index (χ4v) is 2.34. The Labute approximate surface area is 140 Å². The zero-order valence-electron chi connectivity index (χ0n) is 12.7. The summed E-state index contributed by atoms with van der Waals surface area (Å²) in [7, 11) is 0. The topological polar surface area (TPSA) is 94.1 Å². The smallest absolute Gasteiger partial charge is 0.269 e. The molecule has 0 aliphatic heterocycles. The lowest BCUT2D eigenvalue weighted by Crippen LogP contribution is -2.12. The largest absolute Gasteiger partial charge is 0.386 e.